The van der Waals surface area contributed by atoms with E-state index in [1.54, 1.807) is 18.0 Å². The molecule has 28 heavy (non-hydrogen) atoms. The molecule has 6 nitrogen and oxygen atoms in total. The lowest BCUT2D eigenvalue weighted by atomic mass is 10.1. The van der Waals surface area contributed by atoms with Crippen LogP contribution in [0.1, 0.15) is 30.9 Å². The minimum absolute atomic E-state index is 0.431. The van der Waals surface area contributed by atoms with Crippen LogP contribution in [-0.4, -0.2) is 34.8 Å². The first-order valence-electron chi connectivity index (χ1n) is 9.22. The smallest absolute Gasteiger partial charge is 0.216 e. The molecule has 0 aliphatic carbocycles. The molecule has 0 spiro atoms. The molecule has 1 N–H and O–H groups in total. The molecule has 0 saturated carbocycles. The number of aryl methyl sites for hydroxylation is 1. The second-order valence-corrected chi connectivity index (χ2v) is 6.72. The van der Waals surface area contributed by atoms with Crippen LogP contribution in [-0.2, 0) is 0 Å². The van der Waals surface area contributed by atoms with Crippen molar-refractivity contribution in [2.24, 2.45) is 5.10 Å². The number of aromatic amines is 1. The van der Waals surface area contributed by atoms with E-state index in [1.165, 1.54) is 0 Å². The molecule has 0 aliphatic heterocycles. The molecule has 0 radical (unpaired) electrons. The van der Waals surface area contributed by atoms with Crippen molar-refractivity contribution in [2.75, 3.05) is 13.7 Å². The number of nitrogens with zero attached hydrogens (tertiary/aromatic N) is 3. The SMILES string of the molecule is CCCCOc1ccc(/C=N/n2c(-c3ccccc3C)n[nH]c2=S)cc1OC. The molecular formula is C21H24N4O2S. The fourth-order valence-corrected chi connectivity index (χ4v) is 2.91. The number of methoxy groups -OCH3 is 1. The number of ether oxygens (including phenoxy) is 2. The van der Waals surface area contributed by atoms with Gasteiger partial charge in [0.15, 0.2) is 17.3 Å². The summed E-state index contributed by atoms with van der Waals surface area (Å²) in [5.41, 5.74) is 2.95. The van der Waals surface area contributed by atoms with Gasteiger partial charge in [-0.05, 0) is 54.9 Å². The van der Waals surface area contributed by atoms with Gasteiger partial charge in [0.05, 0.1) is 19.9 Å². The zero-order chi connectivity index (χ0) is 19.9. The van der Waals surface area contributed by atoms with Gasteiger partial charge in [-0.3, -0.25) is 0 Å². The Balaban J connectivity index is 1.88. The molecule has 3 aromatic rings. The second-order valence-electron chi connectivity index (χ2n) is 6.34. The van der Waals surface area contributed by atoms with E-state index in [0.29, 0.717) is 23.0 Å². The lowest BCUT2D eigenvalue weighted by molar-refractivity contribution is 0.288. The Morgan fingerprint density at radius 1 is 1.21 bits per heavy atom. The van der Waals surface area contributed by atoms with E-state index in [9.17, 15) is 0 Å². The van der Waals surface area contributed by atoms with Crippen LogP contribution in [0.2, 0.25) is 0 Å². The molecule has 7 heteroatoms. The van der Waals surface area contributed by atoms with Crippen molar-refractivity contribution in [3.05, 3.63) is 58.4 Å². The van der Waals surface area contributed by atoms with Crippen molar-refractivity contribution in [3.63, 3.8) is 0 Å². The fraction of sp³-hybridized carbons (Fsp3) is 0.286. The van der Waals surface area contributed by atoms with Crippen molar-refractivity contribution in [1.82, 2.24) is 14.9 Å². The van der Waals surface area contributed by atoms with Gasteiger partial charge in [-0.25, -0.2) is 5.10 Å². The van der Waals surface area contributed by atoms with Gasteiger partial charge in [0.1, 0.15) is 0 Å². The summed E-state index contributed by atoms with van der Waals surface area (Å²) in [6, 6.07) is 13.7. The number of unbranched alkanes of at least 4 members (excludes halogenated alkanes) is 1. The van der Waals surface area contributed by atoms with Crippen LogP contribution in [0.4, 0.5) is 0 Å². The summed E-state index contributed by atoms with van der Waals surface area (Å²) in [4.78, 5) is 0. The molecule has 1 aromatic heterocycles. The van der Waals surface area contributed by atoms with Crippen LogP contribution in [0.25, 0.3) is 11.4 Å². The summed E-state index contributed by atoms with van der Waals surface area (Å²) in [7, 11) is 1.63. The largest absolute Gasteiger partial charge is 0.493 e. The summed E-state index contributed by atoms with van der Waals surface area (Å²) >= 11 is 5.35. The standard InChI is InChI=1S/C21H24N4O2S/c1-4-5-12-27-18-11-10-16(13-19(18)26-3)14-22-25-20(23-24-21(25)28)17-9-7-6-8-15(17)2/h6-11,13-14H,4-5,12H2,1-3H3,(H,24,28)/b22-14+. The average Bonchev–Trinajstić information content (AvgIpc) is 3.07. The summed E-state index contributed by atoms with van der Waals surface area (Å²) in [5.74, 6) is 2.08. The van der Waals surface area contributed by atoms with Gasteiger partial charge in [-0.2, -0.15) is 14.9 Å². The predicted molar refractivity (Wildman–Crippen MR) is 114 cm³/mol. The summed E-state index contributed by atoms with van der Waals surface area (Å²) in [6.45, 7) is 4.83. The van der Waals surface area contributed by atoms with E-state index in [2.05, 4.69) is 22.2 Å². The quantitative estimate of drug-likeness (QED) is 0.331. The molecule has 0 saturated heterocycles. The highest BCUT2D eigenvalue weighted by molar-refractivity contribution is 7.71. The molecule has 0 fully saturated rings. The normalized spacial score (nSPS) is 11.1. The van der Waals surface area contributed by atoms with Crippen LogP contribution in [0.15, 0.2) is 47.6 Å². The molecule has 0 aliphatic rings. The molecule has 1 heterocycles. The van der Waals surface area contributed by atoms with Crippen molar-refractivity contribution < 1.29 is 9.47 Å². The topological polar surface area (TPSA) is 64.4 Å². The Hall–Kier alpha value is -2.93. The molecule has 0 amide bonds. The maximum atomic E-state index is 5.78. The van der Waals surface area contributed by atoms with Gasteiger partial charge in [0.2, 0.25) is 4.77 Å². The summed E-state index contributed by atoms with van der Waals surface area (Å²) in [6.07, 6.45) is 3.82. The number of nitrogens with one attached hydrogen (secondary N) is 1. The lowest BCUT2D eigenvalue weighted by Crippen LogP contribution is -2.00. The molecule has 0 atom stereocenters. The Labute approximate surface area is 169 Å². The van der Waals surface area contributed by atoms with E-state index < -0.39 is 0 Å². The molecule has 146 valence electrons. The minimum atomic E-state index is 0.431. The van der Waals surface area contributed by atoms with E-state index >= 15 is 0 Å². The van der Waals surface area contributed by atoms with Crippen molar-refractivity contribution >= 4 is 18.4 Å². The molecule has 0 bridgehead atoms. The van der Waals surface area contributed by atoms with Crippen molar-refractivity contribution in [2.45, 2.75) is 26.7 Å². The number of H-pyrrole nitrogens is 1. The minimum Gasteiger partial charge on any atom is -0.493 e. The third-order valence-corrected chi connectivity index (χ3v) is 4.57. The highest BCUT2D eigenvalue weighted by Crippen LogP contribution is 2.28. The summed E-state index contributed by atoms with van der Waals surface area (Å²) < 4.78 is 13.3. The first kappa shape index (κ1) is 19.8. The number of hydrogen-bond acceptors (Lipinski definition) is 5. The Bertz CT molecular complexity index is 1020. The number of rotatable bonds is 8. The zero-order valence-corrected chi connectivity index (χ0v) is 17.1. The Morgan fingerprint density at radius 2 is 2.04 bits per heavy atom. The van der Waals surface area contributed by atoms with Gasteiger partial charge in [-0.1, -0.05) is 37.6 Å². The highest BCUT2D eigenvalue weighted by atomic mass is 32.1. The van der Waals surface area contributed by atoms with Gasteiger partial charge < -0.3 is 9.47 Å². The maximum Gasteiger partial charge on any atom is 0.216 e. The monoisotopic (exact) mass is 396 g/mol. The third kappa shape index (κ3) is 4.48. The van der Waals surface area contributed by atoms with Gasteiger partial charge in [0.25, 0.3) is 0 Å². The molecule has 2 aromatic carbocycles. The van der Waals surface area contributed by atoms with Crippen LogP contribution in [0.3, 0.4) is 0 Å². The molecule has 3 rings (SSSR count). The van der Waals surface area contributed by atoms with E-state index in [4.69, 9.17) is 21.7 Å². The average molecular weight is 397 g/mol. The van der Waals surface area contributed by atoms with E-state index in [-0.39, 0.29) is 0 Å². The summed E-state index contributed by atoms with van der Waals surface area (Å²) in [5, 5.41) is 11.7. The lowest BCUT2D eigenvalue weighted by Gasteiger charge is -2.10. The van der Waals surface area contributed by atoms with Gasteiger partial charge >= 0.3 is 0 Å². The van der Waals surface area contributed by atoms with Crippen LogP contribution in [0.5, 0.6) is 11.5 Å². The first-order chi connectivity index (χ1) is 13.6. The van der Waals surface area contributed by atoms with E-state index in [1.807, 2.05) is 49.4 Å². The third-order valence-electron chi connectivity index (χ3n) is 4.30. The van der Waals surface area contributed by atoms with E-state index in [0.717, 1.165) is 35.3 Å². The van der Waals surface area contributed by atoms with Crippen LogP contribution >= 0.6 is 12.2 Å². The van der Waals surface area contributed by atoms with Crippen molar-refractivity contribution in [1.29, 1.82) is 0 Å². The number of benzene rings is 2. The molecule has 0 unspecified atom stereocenters. The highest BCUT2D eigenvalue weighted by Gasteiger charge is 2.10. The zero-order valence-electron chi connectivity index (χ0n) is 16.3. The second kappa shape index (κ2) is 9.32. The maximum absolute atomic E-state index is 5.78. The van der Waals surface area contributed by atoms with Crippen LogP contribution < -0.4 is 9.47 Å². The Kier molecular flexibility index (Phi) is 6.60. The van der Waals surface area contributed by atoms with Gasteiger partial charge in [-0.15, -0.1) is 0 Å². The first-order valence-corrected chi connectivity index (χ1v) is 9.63. The Morgan fingerprint density at radius 3 is 2.79 bits per heavy atom. The van der Waals surface area contributed by atoms with Crippen molar-refractivity contribution in [3.8, 4) is 22.9 Å². The predicted octanol–water partition coefficient (Wildman–Crippen LogP) is 4.99. The van der Waals surface area contributed by atoms with Gasteiger partial charge in [0, 0.05) is 5.56 Å². The fourth-order valence-electron chi connectivity index (χ4n) is 2.73. The van der Waals surface area contributed by atoms with Crippen LogP contribution in [0, 0.1) is 11.7 Å². The molecular weight excluding hydrogens is 372 g/mol. The number of hydrogen-bond donors (Lipinski definition) is 1. The number of aromatic nitrogens is 3.